The Bertz CT molecular complexity index is 579. The lowest BCUT2D eigenvalue weighted by atomic mass is 10.1. The molecule has 19 heavy (non-hydrogen) atoms. The number of anilines is 1. The van der Waals surface area contributed by atoms with E-state index in [1.807, 2.05) is 0 Å². The highest BCUT2D eigenvalue weighted by Crippen LogP contribution is 2.22. The first kappa shape index (κ1) is 12.0. The summed E-state index contributed by atoms with van der Waals surface area (Å²) >= 11 is 0. The van der Waals surface area contributed by atoms with Crippen molar-refractivity contribution in [3.63, 3.8) is 0 Å². The molecular weight excluding hydrogens is 249 g/mol. The van der Waals surface area contributed by atoms with E-state index >= 15 is 0 Å². The third-order valence-electron chi connectivity index (χ3n) is 3.24. The summed E-state index contributed by atoms with van der Waals surface area (Å²) in [5.74, 6) is 0.575. The van der Waals surface area contributed by atoms with E-state index in [2.05, 4.69) is 15.5 Å². The number of hydrogen-bond acceptors (Lipinski definition) is 5. The molecule has 100 valence electrons. The van der Waals surface area contributed by atoms with Crippen molar-refractivity contribution in [3.05, 3.63) is 24.0 Å². The number of rotatable bonds is 3. The summed E-state index contributed by atoms with van der Waals surface area (Å²) < 4.78 is 20.2. The van der Waals surface area contributed by atoms with E-state index in [9.17, 15) is 4.39 Å². The van der Waals surface area contributed by atoms with Crippen molar-refractivity contribution in [2.45, 2.75) is 13.0 Å². The van der Waals surface area contributed by atoms with Crippen LogP contribution < -0.4 is 5.73 Å². The second-order valence-corrected chi connectivity index (χ2v) is 4.65. The molecule has 0 radical (unpaired) electrons. The van der Waals surface area contributed by atoms with Crippen molar-refractivity contribution in [2.24, 2.45) is 5.92 Å². The van der Waals surface area contributed by atoms with Crippen molar-refractivity contribution < 1.29 is 9.13 Å². The van der Waals surface area contributed by atoms with Gasteiger partial charge in [-0.25, -0.2) is 9.07 Å². The minimum atomic E-state index is -0.438. The number of hydrogen-bond donors (Lipinski definition) is 1. The summed E-state index contributed by atoms with van der Waals surface area (Å²) in [5, 5.41) is 11.6. The molecule has 0 spiro atoms. The number of nitrogens with two attached hydrogens (primary N) is 1. The molecule has 7 heteroatoms. The quantitative estimate of drug-likeness (QED) is 0.839. The van der Waals surface area contributed by atoms with Crippen LogP contribution in [-0.2, 0) is 11.3 Å². The normalized spacial score (nSPS) is 18.9. The van der Waals surface area contributed by atoms with E-state index in [1.54, 1.807) is 16.8 Å². The van der Waals surface area contributed by atoms with Crippen LogP contribution in [0, 0.1) is 11.7 Å². The average Bonchev–Trinajstić information content (AvgIpc) is 3.05. The smallest absolute Gasteiger partial charge is 0.182 e. The fourth-order valence-electron chi connectivity index (χ4n) is 2.19. The molecule has 1 aliphatic heterocycles. The van der Waals surface area contributed by atoms with Gasteiger partial charge < -0.3 is 10.5 Å². The molecular formula is C12H14FN5O. The Hall–Kier alpha value is -2.02. The van der Waals surface area contributed by atoms with Crippen LogP contribution in [0.1, 0.15) is 6.42 Å². The summed E-state index contributed by atoms with van der Waals surface area (Å²) in [4.78, 5) is 0. The molecule has 0 aliphatic carbocycles. The Kier molecular flexibility index (Phi) is 3.12. The highest BCUT2D eigenvalue weighted by Gasteiger charge is 2.19. The molecule has 1 saturated heterocycles. The van der Waals surface area contributed by atoms with Crippen molar-refractivity contribution in [1.82, 2.24) is 20.2 Å². The summed E-state index contributed by atoms with van der Waals surface area (Å²) in [6, 6.07) is 4.49. The van der Waals surface area contributed by atoms with Crippen LogP contribution in [-0.4, -0.2) is 33.4 Å². The minimum absolute atomic E-state index is 0.0937. The van der Waals surface area contributed by atoms with Crippen LogP contribution in [0.15, 0.2) is 18.2 Å². The fraction of sp³-hybridized carbons (Fsp3) is 0.417. The molecule has 0 saturated carbocycles. The maximum atomic E-state index is 13.2. The van der Waals surface area contributed by atoms with E-state index in [4.69, 9.17) is 10.5 Å². The summed E-state index contributed by atoms with van der Waals surface area (Å²) in [6.45, 7) is 2.20. The molecule has 1 aromatic carbocycles. The van der Waals surface area contributed by atoms with E-state index in [0.29, 0.717) is 23.9 Å². The van der Waals surface area contributed by atoms with Gasteiger partial charge in [0.25, 0.3) is 0 Å². The molecule has 2 heterocycles. The Labute approximate surface area is 109 Å². The molecule has 0 bridgehead atoms. The van der Waals surface area contributed by atoms with Gasteiger partial charge in [-0.2, -0.15) is 0 Å². The lowest BCUT2D eigenvalue weighted by Gasteiger charge is -2.09. The minimum Gasteiger partial charge on any atom is -0.396 e. The number of tetrazole rings is 1. The van der Waals surface area contributed by atoms with Crippen LogP contribution in [0.2, 0.25) is 0 Å². The van der Waals surface area contributed by atoms with Gasteiger partial charge >= 0.3 is 0 Å². The predicted octanol–water partition coefficient (Wildman–Crippen LogP) is 1.10. The number of aromatic nitrogens is 4. The third kappa shape index (κ3) is 2.41. The Morgan fingerprint density at radius 2 is 2.37 bits per heavy atom. The van der Waals surface area contributed by atoms with Crippen LogP contribution in [0.5, 0.6) is 0 Å². The van der Waals surface area contributed by atoms with Crippen LogP contribution in [0.3, 0.4) is 0 Å². The largest absolute Gasteiger partial charge is 0.396 e. The molecule has 1 aromatic heterocycles. The molecule has 1 fully saturated rings. The van der Waals surface area contributed by atoms with Crippen LogP contribution >= 0.6 is 0 Å². The van der Waals surface area contributed by atoms with Crippen molar-refractivity contribution in [3.8, 4) is 11.4 Å². The van der Waals surface area contributed by atoms with E-state index < -0.39 is 5.82 Å². The first-order chi connectivity index (χ1) is 9.24. The zero-order valence-corrected chi connectivity index (χ0v) is 10.3. The number of ether oxygens (including phenoxy) is 1. The van der Waals surface area contributed by atoms with Gasteiger partial charge in [0.15, 0.2) is 5.82 Å². The lowest BCUT2D eigenvalue weighted by Crippen LogP contribution is -2.13. The second kappa shape index (κ2) is 4.93. The maximum absolute atomic E-state index is 13.2. The van der Waals surface area contributed by atoms with Crippen molar-refractivity contribution >= 4 is 5.69 Å². The van der Waals surface area contributed by atoms with Crippen molar-refractivity contribution in [2.75, 3.05) is 18.9 Å². The second-order valence-electron chi connectivity index (χ2n) is 4.65. The van der Waals surface area contributed by atoms with Crippen LogP contribution in [0.4, 0.5) is 10.1 Å². The first-order valence-electron chi connectivity index (χ1n) is 6.13. The summed E-state index contributed by atoms with van der Waals surface area (Å²) in [7, 11) is 0. The van der Waals surface area contributed by atoms with Gasteiger partial charge in [-0.1, -0.05) is 0 Å². The molecule has 1 unspecified atom stereocenters. The number of nitrogens with zero attached hydrogens (tertiary/aromatic N) is 4. The van der Waals surface area contributed by atoms with Crippen molar-refractivity contribution in [1.29, 1.82) is 0 Å². The zero-order chi connectivity index (χ0) is 13.2. The highest BCUT2D eigenvalue weighted by atomic mass is 19.1. The standard InChI is InChI=1S/C12H14FN5O/c13-10-2-1-9(5-11(10)14)12-15-16-17-18(12)6-8-3-4-19-7-8/h1-2,5,8H,3-4,6-7,14H2. The van der Waals surface area contributed by atoms with E-state index in [0.717, 1.165) is 19.6 Å². The van der Waals surface area contributed by atoms with E-state index in [-0.39, 0.29) is 5.69 Å². The Morgan fingerprint density at radius 3 is 3.11 bits per heavy atom. The summed E-state index contributed by atoms with van der Waals surface area (Å²) in [6.07, 6.45) is 1.00. The lowest BCUT2D eigenvalue weighted by molar-refractivity contribution is 0.181. The Morgan fingerprint density at radius 1 is 1.47 bits per heavy atom. The average molecular weight is 263 g/mol. The number of benzene rings is 1. The van der Waals surface area contributed by atoms with Gasteiger partial charge in [-0.05, 0) is 35.0 Å². The number of nitrogen functional groups attached to an aromatic ring is 1. The predicted molar refractivity (Wildman–Crippen MR) is 66.5 cm³/mol. The molecule has 2 N–H and O–H groups in total. The monoisotopic (exact) mass is 263 g/mol. The summed E-state index contributed by atoms with van der Waals surface area (Å²) in [5.41, 5.74) is 6.37. The fourth-order valence-corrected chi connectivity index (χ4v) is 2.19. The van der Waals surface area contributed by atoms with Crippen LogP contribution in [0.25, 0.3) is 11.4 Å². The van der Waals surface area contributed by atoms with Gasteiger partial charge in [0.2, 0.25) is 0 Å². The third-order valence-corrected chi connectivity index (χ3v) is 3.24. The molecule has 6 nitrogen and oxygen atoms in total. The number of halogens is 1. The molecule has 2 aromatic rings. The molecule has 1 aliphatic rings. The topological polar surface area (TPSA) is 78.9 Å². The zero-order valence-electron chi connectivity index (χ0n) is 10.3. The SMILES string of the molecule is Nc1cc(-c2nnnn2CC2CCOC2)ccc1F. The first-order valence-corrected chi connectivity index (χ1v) is 6.13. The van der Waals surface area contributed by atoms with Gasteiger partial charge in [0.05, 0.1) is 18.8 Å². The van der Waals surface area contributed by atoms with Gasteiger partial charge in [-0.15, -0.1) is 5.10 Å². The molecule has 1 atom stereocenters. The van der Waals surface area contributed by atoms with E-state index in [1.165, 1.54) is 6.07 Å². The maximum Gasteiger partial charge on any atom is 0.182 e. The van der Waals surface area contributed by atoms with Gasteiger partial charge in [-0.3, -0.25) is 0 Å². The van der Waals surface area contributed by atoms with Gasteiger partial charge in [0, 0.05) is 18.1 Å². The molecule has 0 amide bonds. The highest BCUT2D eigenvalue weighted by molar-refractivity contribution is 5.61. The van der Waals surface area contributed by atoms with Gasteiger partial charge in [0.1, 0.15) is 5.82 Å². The molecule has 3 rings (SSSR count). The Balaban J connectivity index is 1.87.